The number of carbonyl (C=O) groups is 2. The molecule has 0 aromatic heterocycles. The standard InChI is InChI=1S/C72H137NO5/c1-3-5-7-9-11-13-15-17-19-21-22-23-24-25-26-27-29-33-36-40-44-48-52-56-60-64-70(75)69(68-74)73-71(76)65-61-57-53-49-45-41-37-34-30-28-31-35-39-43-47-51-55-59-63-67-78-72(77)66-62-58-54-50-46-42-38-32-20-18-16-14-12-10-8-6-4-2/h35,39,43,47,60,64,69-70,74-75H,3-34,36-38,40-42,44-46,48-59,61-63,65-68H2,1-2H3,(H,73,76)/b39-35-,47-43-,64-60+. The quantitative estimate of drug-likeness (QED) is 0.0244. The topological polar surface area (TPSA) is 95.9 Å². The summed E-state index contributed by atoms with van der Waals surface area (Å²) in [5.41, 5.74) is 0. The van der Waals surface area contributed by atoms with Crippen molar-refractivity contribution in [1.29, 1.82) is 0 Å². The molecule has 2 unspecified atom stereocenters. The Bertz CT molecular complexity index is 1260. The number of ether oxygens (including phenoxy) is 1. The number of allylic oxidation sites excluding steroid dienone is 5. The van der Waals surface area contributed by atoms with Crippen LogP contribution in [0, 0.1) is 0 Å². The Morgan fingerprint density at radius 3 is 0.949 bits per heavy atom. The molecule has 3 N–H and O–H groups in total. The van der Waals surface area contributed by atoms with Gasteiger partial charge in [-0.2, -0.15) is 0 Å². The first-order valence-corrected chi connectivity index (χ1v) is 35.3. The van der Waals surface area contributed by atoms with Gasteiger partial charge in [-0.25, -0.2) is 0 Å². The third-order valence-electron chi connectivity index (χ3n) is 16.4. The van der Waals surface area contributed by atoms with Crippen LogP contribution in [0.15, 0.2) is 36.5 Å². The van der Waals surface area contributed by atoms with Gasteiger partial charge in [0.05, 0.1) is 25.4 Å². The van der Waals surface area contributed by atoms with E-state index in [1.807, 2.05) is 6.08 Å². The highest BCUT2D eigenvalue weighted by molar-refractivity contribution is 5.76. The molecule has 0 aromatic rings. The lowest BCUT2D eigenvalue weighted by Crippen LogP contribution is -2.45. The van der Waals surface area contributed by atoms with Crippen LogP contribution in [0.5, 0.6) is 0 Å². The molecule has 0 fully saturated rings. The van der Waals surface area contributed by atoms with Crippen LogP contribution in [0.4, 0.5) is 0 Å². The van der Waals surface area contributed by atoms with Crippen LogP contribution in [0.2, 0.25) is 0 Å². The lowest BCUT2D eigenvalue weighted by atomic mass is 10.0. The number of hydrogen-bond acceptors (Lipinski definition) is 5. The molecule has 0 bridgehead atoms. The molecule has 0 spiro atoms. The van der Waals surface area contributed by atoms with Crippen LogP contribution in [0.1, 0.15) is 386 Å². The molecular formula is C72H137NO5. The van der Waals surface area contributed by atoms with Gasteiger partial charge in [0.25, 0.3) is 0 Å². The molecule has 2 atom stereocenters. The minimum Gasteiger partial charge on any atom is -0.466 e. The molecule has 6 nitrogen and oxygen atoms in total. The van der Waals surface area contributed by atoms with Gasteiger partial charge in [0.2, 0.25) is 5.91 Å². The van der Waals surface area contributed by atoms with Crippen LogP contribution >= 0.6 is 0 Å². The maximum absolute atomic E-state index is 12.5. The van der Waals surface area contributed by atoms with Crippen molar-refractivity contribution < 1.29 is 24.5 Å². The first-order chi connectivity index (χ1) is 38.5. The van der Waals surface area contributed by atoms with E-state index in [0.29, 0.717) is 19.4 Å². The van der Waals surface area contributed by atoms with Gasteiger partial charge in [0, 0.05) is 12.8 Å². The Morgan fingerprint density at radius 2 is 0.628 bits per heavy atom. The van der Waals surface area contributed by atoms with E-state index < -0.39 is 12.1 Å². The Hall–Kier alpha value is -1.92. The van der Waals surface area contributed by atoms with Gasteiger partial charge in [0.1, 0.15) is 0 Å². The Balaban J connectivity index is 3.48. The summed E-state index contributed by atoms with van der Waals surface area (Å²) in [6, 6.07) is -0.638. The molecule has 0 heterocycles. The summed E-state index contributed by atoms with van der Waals surface area (Å²) < 4.78 is 5.48. The number of amides is 1. The van der Waals surface area contributed by atoms with E-state index in [2.05, 4.69) is 43.5 Å². The fraction of sp³-hybridized carbons (Fsp3) is 0.889. The zero-order chi connectivity index (χ0) is 56.4. The van der Waals surface area contributed by atoms with E-state index in [-0.39, 0.29) is 18.5 Å². The number of carbonyl (C=O) groups excluding carboxylic acids is 2. The lowest BCUT2D eigenvalue weighted by Gasteiger charge is -2.20. The van der Waals surface area contributed by atoms with Crippen LogP contribution in [-0.4, -0.2) is 47.4 Å². The fourth-order valence-corrected chi connectivity index (χ4v) is 11.0. The molecule has 460 valence electrons. The molecule has 0 radical (unpaired) electrons. The molecule has 0 rings (SSSR count). The fourth-order valence-electron chi connectivity index (χ4n) is 11.0. The third-order valence-corrected chi connectivity index (χ3v) is 16.4. The second-order valence-electron chi connectivity index (χ2n) is 24.2. The van der Waals surface area contributed by atoms with Crippen molar-refractivity contribution in [3.05, 3.63) is 36.5 Å². The van der Waals surface area contributed by atoms with E-state index in [0.717, 1.165) is 77.0 Å². The van der Waals surface area contributed by atoms with E-state index in [4.69, 9.17) is 4.74 Å². The monoisotopic (exact) mass is 1100 g/mol. The SMILES string of the molecule is CCCCCCCCCCCCCCCCCCCCCCCCC/C=C/C(O)C(CO)NC(=O)CCCCCCCCCCCC/C=C\C=C/CCCCCOC(=O)CCCCCCCCCCCCCCCCCCC. The summed E-state index contributed by atoms with van der Waals surface area (Å²) in [5.74, 6) is -0.0833. The van der Waals surface area contributed by atoms with E-state index in [1.54, 1.807) is 6.08 Å². The second-order valence-corrected chi connectivity index (χ2v) is 24.2. The maximum atomic E-state index is 12.5. The Kier molecular flexibility index (Phi) is 65.9. The zero-order valence-corrected chi connectivity index (χ0v) is 52.7. The van der Waals surface area contributed by atoms with Crippen molar-refractivity contribution in [2.45, 2.75) is 398 Å². The molecule has 0 aliphatic carbocycles. The first-order valence-electron chi connectivity index (χ1n) is 35.3. The van der Waals surface area contributed by atoms with Crippen molar-refractivity contribution >= 4 is 11.9 Å². The molecule has 6 heteroatoms. The normalized spacial score (nSPS) is 12.7. The largest absolute Gasteiger partial charge is 0.466 e. The van der Waals surface area contributed by atoms with Crippen molar-refractivity contribution in [3.63, 3.8) is 0 Å². The van der Waals surface area contributed by atoms with E-state index in [1.165, 1.54) is 283 Å². The molecule has 0 aliphatic rings. The molecule has 0 aromatic carbocycles. The average molecular weight is 1100 g/mol. The van der Waals surface area contributed by atoms with Crippen molar-refractivity contribution in [2.75, 3.05) is 13.2 Å². The summed E-state index contributed by atoms with van der Waals surface area (Å²) in [6.45, 7) is 4.90. The van der Waals surface area contributed by atoms with E-state index >= 15 is 0 Å². The van der Waals surface area contributed by atoms with Gasteiger partial charge < -0.3 is 20.3 Å². The van der Waals surface area contributed by atoms with Crippen LogP contribution in [0.3, 0.4) is 0 Å². The summed E-state index contributed by atoms with van der Waals surface area (Å²) in [4.78, 5) is 24.6. The number of nitrogens with one attached hydrogen (secondary N) is 1. The van der Waals surface area contributed by atoms with Gasteiger partial charge in [-0.05, 0) is 64.2 Å². The molecular weight excluding hydrogens is 959 g/mol. The summed E-state index contributed by atoms with van der Waals surface area (Å²) in [7, 11) is 0. The molecule has 1 amide bonds. The van der Waals surface area contributed by atoms with Crippen molar-refractivity contribution in [1.82, 2.24) is 5.32 Å². The maximum Gasteiger partial charge on any atom is 0.305 e. The second kappa shape index (κ2) is 67.6. The number of unbranched alkanes of at least 4 members (excludes halogenated alkanes) is 52. The highest BCUT2D eigenvalue weighted by Crippen LogP contribution is 2.19. The van der Waals surface area contributed by atoms with Gasteiger partial charge in [-0.3, -0.25) is 9.59 Å². The third kappa shape index (κ3) is 63.3. The van der Waals surface area contributed by atoms with Crippen LogP contribution < -0.4 is 5.32 Å². The van der Waals surface area contributed by atoms with Gasteiger partial charge in [-0.15, -0.1) is 0 Å². The smallest absolute Gasteiger partial charge is 0.305 e. The highest BCUT2D eigenvalue weighted by Gasteiger charge is 2.18. The summed E-state index contributed by atoms with van der Waals surface area (Å²) >= 11 is 0. The number of esters is 1. The lowest BCUT2D eigenvalue weighted by molar-refractivity contribution is -0.143. The average Bonchev–Trinajstić information content (AvgIpc) is 3.44. The highest BCUT2D eigenvalue weighted by atomic mass is 16.5. The van der Waals surface area contributed by atoms with Gasteiger partial charge in [-0.1, -0.05) is 346 Å². The van der Waals surface area contributed by atoms with Gasteiger partial charge >= 0.3 is 5.97 Å². The van der Waals surface area contributed by atoms with Crippen molar-refractivity contribution in [2.24, 2.45) is 0 Å². The number of aliphatic hydroxyl groups excluding tert-OH is 2. The predicted molar refractivity (Wildman–Crippen MR) is 343 cm³/mol. The van der Waals surface area contributed by atoms with Gasteiger partial charge in [0.15, 0.2) is 0 Å². The molecule has 78 heavy (non-hydrogen) atoms. The van der Waals surface area contributed by atoms with E-state index in [9.17, 15) is 19.8 Å². The molecule has 0 saturated carbocycles. The predicted octanol–water partition coefficient (Wildman–Crippen LogP) is 22.7. The number of rotatable bonds is 66. The van der Waals surface area contributed by atoms with Crippen LogP contribution in [0.25, 0.3) is 0 Å². The molecule has 0 saturated heterocycles. The summed E-state index contributed by atoms with van der Waals surface area (Å²) in [5, 5.41) is 23.3. The zero-order valence-electron chi connectivity index (χ0n) is 52.7. The van der Waals surface area contributed by atoms with Crippen LogP contribution in [-0.2, 0) is 14.3 Å². The molecule has 0 aliphatic heterocycles. The minimum absolute atomic E-state index is 0.00942. The summed E-state index contributed by atoms with van der Waals surface area (Å²) in [6.07, 6.45) is 86.5. The minimum atomic E-state index is -0.853. The number of aliphatic hydroxyl groups is 2. The number of hydrogen-bond donors (Lipinski definition) is 3. The first kappa shape index (κ1) is 76.1. The Morgan fingerprint density at radius 1 is 0.359 bits per heavy atom. The van der Waals surface area contributed by atoms with Crippen molar-refractivity contribution in [3.8, 4) is 0 Å². The Labute approximate surface area is 487 Å².